The van der Waals surface area contributed by atoms with Crippen LogP contribution in [0.25, 0.3) is 0 Å². The maximum Gasteiger partial charge on any atom is 0.310 e. The molecule has 1 fully saturated rings. The highest BCUT2D eigenvalue weighted by atomic mass is 35.5. The molecule has 0 spiro atoms. The number of carbonyl (C=O) groups is 1. The van der Waals surface area contributed by atoms with Crippen LogP contribution in [0.1, 0.15) is 12.5 Å². The van der Waals surface area contributed by atoms with Crippen molar-refractivity contribution in [3.05, 3.63) is 34.9 Å². The third kappa shape index (κ3) is 3.20. The van der Waals surface area contributed by atoms with Crippen LogP contribution in [0, 0.1) is 11.8 Å². The first kappa shape index (κ1) is 12.4. The van der Waals surface area contributed by atoms with E-state index in [1.165, 1.54) is 0 Å². The van der Waals surface area contributed by atoms with E-state index in [4.69, 9.17) is 16.3 Å². The van der Waals surface area contributed by atoms with Gasteiger partial charge in [0.15, 0.2) is 0 Å². The Morgan fingerprint density at radius 3 is 3.00 bits per heavy atom. The van der Waals surface area contributed by atoms with Gasteiger partial charge in [-0.2, -0.15) is 0 Å². The number of nitrogens with one attached hydrogen (secondary N) is 1. The molecule has 2 rings (SSSR count). The molecule has 1 N–H and O–H groups in total. The predicted octanol–water partition coefficient (Wildman–Crippen LogP) is 2.24. The zero-order valence-electron chi connectivity index (χ0n) is 9.78. The maximum absolute atomic E-state index is 11.8. The summed E-state index contributed by atoms with van der Waals surface area (Å²) in [7, 11) is 0. The molecule has 2 unspecified atom stereocenters. The summed E-state index contributed by atoms with van der Waals surface area (Å²) in [6, 6.07) is 7.36. The van der Waals surface area contributed by atoms with Crippen LogP contribution in [0.4, 0.5) is 0 Å². The second-order valence-corrected chi connectivity index (χ2v) is 4.92. The number of benzene rings is 1. The maximum atomic E-state index is 11.8. The van der Waals surface area contributed by atoms with Crippen LogP contribution < -0.4 is 5.32 Å². The first-order valence-corrected chi connectivity index (χ1v) is 6.16. The standard InChI is InChI=1S/C13H16ClNO2/c1-9-6-15-7-12(9)13(16)17-8-10-3-2-4-11(14)5-10/h2-5,9,12,15H,6-8H2,1H3. The first-order chi connectivity index (χ1) is 8.16. The fourth-order valence-electron chi connectivity index (χ4n) is 2.01. The zero-order chi connectivity index (χ0) is 12.3. The Hall–Kier alpha value is -1.06. The highest BCUT2D eigenvalue weighted by Gasteiger charge is 2.30. The number of carbonyl (C=O) groups excluding carboxylic acids is 1. The van der Waals surface area contributed by atoms with E-state index in [0.717, 1.165) is 18.7 Å². The van der Waals surface area contributed by atoms with Crippen molar-refractivity contribution in [1.82, 2.24) is 5.32 Å². The lowest BCUT2D eigenvalue weighted by Crippen LogP contribution is -2.23. The molecular formula is C13H16ClNO2. The van der Waals surface area contributed by atoms with Crippen molar-refractivity contribution in [2.24, 2.45) is 11.8 Å². The minimum Gasteiger partial charge on any atom is -0.461 e. The molecule has 0 aliphatic carbocycles. The number of hydrogen-bond acceptors (Lipinski definition) is 3. The first-order valence-electron chi connectivity index (χ1n) is 5.78. The smallest absolute Gasteiger partial charge is 0.310 e. The van der Waals surface area contributed by atoms with Gasteiger partial charge in [0.05, 0.1) is 5.92 Å². The number of ether oxygens (including phenoxy) is 1. The van der Waals surface area contributed by atoms with E-state index in [2.05, 4.69) is 12.2 Å². The molecule has 0 saturated carbocycles. The van der Waals surface area contributed by atoms with Gasteiger partial charge in [-0.25, -0.2) is 0 Å². The molecule has 2 atom stereocenters. The molecule has 3 nitrogen and oxygen atoms in total. The van der Waals surface area contributed by atoms with E-state index < -0.39 is 0 Å². The molecule has 17 heavy (non-hydrogen) atoms. The Morgan fingerprint density at radius 1 is 1.53 bits per heavy atom. The lowest BCUT2D eigenvalue weighted by molar-refractivity contribution is -0.150. The molecular weight excluding hydrogens is 238 g/mol. The van der Waals surface area contributed by atoms with Gasteiger partial charge < -0.3 is 10.1 Å². The summed E-state index contributed by atoms with van der Waals surface area (Å²) in [6.07, 6.45) is 0. The average Bonchev–Trinajstić information content (AvgIpc) is 2.72. The summed E-state index contributed by atoms with van der Waals surface area (Å²) in [5, 5.41) is 3.85. The summed E-state index contributed by atoms with van der Waals surface area (Å²) < 4.78 is 5.30. The largest absolute Gasteiger partial charge is 0.461 e. The minimum atomic E-state index is -0.123. The van der Waals surface area contributed by atoms with Crippen LogP contribution in [0.2, 0.25) is 5.02 Å². The summed E-state index contributed by atoms with van der Waals surface area (Å²) >= 11 is 5.86. The van der Waals surface area contributed by atoms with Gasteiger partial charge in [0.25, 0.3) is 0 Å². The molecule has 4 heteroatoms. The Labute approximate surface area is 106 Å². The highest BCUT2D eigenvalue weighted by Crippen LogP contribution is 2.18. The van der Waals surface area contributed by atoms with Crippen molar-refractivity contribution in [3.63, 3.8) is 0 Å². The van der Waals surface area contributed by atoms with Crippen molar-refractivity contribution in [3.8, 4) is 0 Å². The van der Waals surface area contributed by atoms with Gasteiger partial charge in [0.1, 0.15) is 6.61 Å². The normalized spacial score (nSPS) is 23.6. The monoisotopic (exact) mass is 253 g/mol. The molecule has 0 amide bonds. The molecule has 0 radical (unpaired) electrons. The van der Waals surface area contributed by atoms with Crippen LogP contribution in [-0.4, -0.2) is 19.1 Å². The van der Waals surface area contributed by atoms with Crippen LogP contribution in [0.5, 0.6) is 0 Å². The third-order valence-electron chi connectivity index (χ3n) is 3.09. The second-order valence-electron chi connectivity index (χ2n) is 4.48. The number of hydrogen-bond donors (Lipinski definition) is 1. The van der Waals surface area contributed by atoms with Gasteiger partial charge >= 0.3 is 5.97 Å². The van der Waals surface area contributed by atoms with Crippen LogP contribution >= 0.6 is 11.6 Å². The van der Waals surface area contributed by atoms with Crippen molar-refractivity contribution in [2.45, 2.75) is 13.5 Å². The third-order valence-corrected chi connectivity index (χ3v) is 3.33. The summed E-state index contributed by atoms with van der Waals surface area (Å²) in [6.45, 7) is 3.96. The minimum absolute atomic E-state index is 0.0193. The van der Waals surface area contributed by atoms with Gasteiger partial charge in [-0.1, -0.05) is 30.7 Å². The topological polar surface area (TPSA) is 38.3 Å². The van der Waals surface area contributed by atoms with E-state index in [0.29, 0.717) is 17.5 Å². The average molecular weight is 254 g/mol. The molecule has 1 aromatic carbocycles. The van der Waals surface area contributed by atoms with Gasteiger partial charge in [-0.3, -0.25) is 4.79 Å². The Morgan fingerprint density at radius 2 is 2.35 bits per heavy atom. The number of esters is 1. The molecule has 1 saturated heterocycles. The number of halogens is 1. The summed E-state index contributed by atoms with van der Waals surface area (Å²) in [5.74, 6) is 0.207. The fourth-order valence-corrected chi connectivity index (χ4v) is 2.23. The van der Waals surface area contributed by atoms with Gasteiger partial charge in [0.2, 0.25) is 0 Å². The van der Waals surface area contributed by atoms with E-state index in [-0.39, 0.29) is 11.9 Å². The molecule has 1 aromatic rings. The van der Waals surface area contributed by atoms with Crippen molar-refractivity contribution in [1.29, 1.82) is 0 Å². The number of rotatable bonds is 3. The van der Waals surface area contributed by atoms with E-state index in [1.807, 2.05) is 18.2 Å². The van der Waals surface area contributed by atoms with Crippen molar-refractivity contribution in [2.75, 3.05) is 13.1 Å². The van der Waals surface area contributed by atoms with E-state index >= 15 is 0 Å². The quantitative estimate of drug-likeness (QED) is 0.840. The Balaban J connectivity index is 1.88. The van der Waals surface area contributed by atoms with E-state index in [1.54, 1.807) is 6.07 Å². The highest BCUT2D eigenvalue weighted by molar-refractivity contribution is 6.30. The Kier molecular flexibility index (Phi) is 4.02. The summed E-state index contributed by atoms with van der Waals surface area (Å²) in [4.78, 5) is 11.8. The lowest BCUT2D eigenvalue weighted by atomic mass is 9.99. The molecule has 1 heterocycles. The molecule has 0 aromatic heterocycles. The summed E-state index contributed by atoms with van der Waals surface area (Å²) in [5.41, 5.74) is 0.921. The Bertz CT molecular complexity index is 408. The second kappa shape index (κ2) is 5.52. The van der Waals surface area contributed by atoms with Crippen LogP contribution in [0.3, 0.4) is 0 Å². The zero-order valence-corrected chi connectivity index (χ0v) is 10.5. The molecule has 0 bridgehead atoms. The van der Waals surface area contributed by atoms with Crippen LogP contribution in [0.15, 0.2) is 24.3 Å². The van der Waals surface area contributed by atoms with Gasteiger partial charge in [-0.15, -0.1) is 0 Å². The predicted molar refractivity (Wildman–Crippen MR) is 66.8 cm³/mol. The van der Waals surface area contributed by atoms with Gasteiger partial charge in [-0.05, 0) is 30.2 Å². The fraction of sp³-hybridized carbons (Fsp3) is 0.462. The molecule has 92 valence electrons. The molecule has 1 aliphatic heterocycles. The van der Waals surface area contributed by atoms with Crippen molar-refractivity contribution >= 4 is 17.6 Å². The SMILES string of the molecule is CC1CNCC1C(=O)OCc1cccc(Cl)c1. The lowest BCUT2D eigenvalue weighted by Gasteiger charge is -2.13. The van der Waals surface area contributed by atoms with Crippen LogP contribution in [-0.2, 0) is 16.1 Å². The van der Waals surface area contributed by atoms with E-state index in [9.17, 15) is 4.79 Å². The van der Waals surface area contributed by atoms with Gasteiger partial charge in [0, 0.05) is 11.6 Å². The molecule has 1 aliphatic rings. The van der Waals surface area contributed by atoms with Crippen molar-refractivity contribution < 1.29 is 9.53 Å².